The Labute approximate surface area is 123 Å². The van der Waals surface area contributed by atoms with Crippen molar-refractivity contribution in [1.82, 2.24) is 5.32 Å². The van der Waals surface area contributed by atoms with Crippen LogP contribution in [0.1, 0.15) is 18.4 Å². The molecule has 0 saturated heterocycles. The Morgan fingerprint density at radius 2 is 1.50 bits per heavy atom. The molecule has 4 nitrogen and oxygen atoms in total. The van der Waals surface area contributed by atoms with Crippen molar-refractivity contribution in [2.24, 2.45) is 0 Å². The van der Waals surface area contributed by atoms with Crippen molar-refractivity contribution in [2.45, 2.75) is 25.3 Å². The van der Waals surface area contributed by atoms with Crippen LogP contribution in [-0.4, -0.2) is 43.2 Å². The monoisotopic (exact) mass is 297 g/mol. The van der Waals surface area contributed by atoms with Gasteiger partial charge in [0.25, 0.3) is 0 Å². The Kier molecular flexibility index (Phi) is 8.72. The second kappa shape index (κ2) is 10.1. The van der Waals surface area contributed by atoms with Crippen molar-refractivity contribution in [3.05, 3.63) is 35.9 Å². The third-order valence-corrected chi connectivity index (χ3v) is 6.26. The molecule has 0 saturated carbocycles. The molecule has 1 aromatic rings. The molecule has 1 N–H and O–H groups in total. The molecule has 0 heterocycles. The summed E-state index contributed by atoms with van der Waals surface area (Å²) in [6.45, 7) is 2.01. The first-order chi connectivity index (χ1) is 9.76. The molecule has 114 valence electrons. The van der Waals surface area contributed by atoms with Crippen LogP contribution in [-0.2, 0) is 19.7 Å². The van der Waals surface area contributed by atoms with Crippen LogP contribution in [0.15, 0.2) is 30.3 Å². The van der Waals surface area contributed by atoms with Gasteiger partial charge in [0.1, 0.15) is 0 Å². The molecule has 0 atom stereocenters. The van der Waals surface area contributed by atoms with Gasteiger partial charge in [-0.15, -0.1) is 0 Å². The number of rotatable bonds is 11. The van der Waals surface area contributed by atoms with Crippen molar-refractivity contribution in [3.8, 4) is 0 Å². The minimum Gasteiger partial charge on any atom is -0.377 e. The number of hydrogen-bond acceptors (Lipinski definition) is 4. The Balaban J connectivity index is 2.05. The summed E-state index contributed by atoms with van der Waals surface area (Å²) < 4.78 is 16.2. The van der Waals surface area contributed by atoms with Gasteiger partial charge in [0, 0.05) is 27.4 Å². The quantitative estimate of drug-likeness (QED) is 0.503. The fourth-order valence-electron chi connectivity index (χ4n) is 2.17. The van der Waals surface area contributed by atoms with Gasteiger partial charge in [0.2, 0.25) is 0 Å². The number of nitrogens with one attached hydrogen (secondary N) is 1. The van der Waals surface area contributed by atoms with Crippen molar-refractivity contribution in [1.29, 1.82) is 0 Å². The van der Waals surface area contributed by atoms with Gasteiger partial charge in [-0.05, 0) is 37.9 Å². The summed E-state index contributed by atoms with van der Waals surface area (Å²) >= 11 is 0. The molecule has 0 aliphatic carbocycles. The maximum absolute atomic E-state index is 5.39. The molecule has 1 rings (SSSR count). The van der Waals surface area contributed by atoms with Crippen molar-refractivity contribution < 1.29 is 13.3 Å². The van der Waals surface area contributed by atoms with Gasteiger partial charge < -0.3 is 18.6 Å². The highest BCUT2D eigenvalue weighted by Crippen LogP contribution is 2.14. The molecule has 0 radical (unpaired) electrons. The summed E-state index contributed by atoms with van der Waals surface area (Å²) in [4.78, 5) is 0. The molecule has 0 bridgehead atoms. The summed E-state index contributed by atoms with van der Waals surface area (Å²) in [5, 5.41) is 3.46. The standard InChI is InChI=1S/C15H27NO3Si/c1-17-20(18-2,19-3)14-8-13-16-12-7-11-15-9-5-4-6-10-15/h4-6,9-10,16H,7-8,11-14H2,1-3H3. The van der Waals surface area contributed by atoms with Gasteiger partial charge in [-0.25, -0.2) is 0 Å². The van der Waals surface area contributed by atoms with E-state index >= 15 is 0 Å². The van der Waals surface area contributed by atoms with Gasteiger partial charge in [0.05, 0.1) is 0 Å². The van der Waals surface area contributed by atoms with E-state index in [1.807, 2.05) is 0 Å². The lowest BCUT2D eigenvalue weighted by Gasteiger charge is -2.24. The van der Waals surface area contributed by atoms with E-state index in [0.717, 1.165) is 38.4 Å². The molecule has 0 unspecified atom stereocenters. The molecule has 0 spiro atoms. The largest absolute Gasteiger partial charge is 0.500 e. The zero-order chi connectivity index (χ0) is 14.7. The van der Waals surface area contributed by atoms with Crippen molar-refractivity contribution in [2.75, 3.05) is 34.4 Å². The Morgan fingerprint density at radius 3 is 2.10 bits per heavy atom. The minimum atomic E-state index is -2.38. The summed E-state index contributed by atoms with van der Waals surface area (Å²) in [6, 6.07) is 11.4. The van der Waals surface area contributed by atoms with E-state index in [1.165, 1.54) is 5.56 Å². The fourth-order valence-corrected chi connectivity index (χ4v) is 3.90. The van der Waals surface area contributed by atoms with E-state index in [0.29, 0.717) is 0 Å². The van der Waals surface area contributed by atoms with Gasteiger partial charge in [-0.3, -0.25) is 0 Å². The van der Waals surface area contributed by atoms with E-state index in [4.69, 9.17) is 13.3 Å². The minimum absolute atomic E-state index is 0.849. The van der Waals surface area contributed by atoms with Gasteiger partial charge in [-0.2, -0.15) is 0 Å². The molecule has 20 heavy (non-hydrogen) atoms. The van der Waals surface area contributed by atoms with Gasteiger partial charge in [0.15, 0.2) is 0 Å². The van der Waals surface area contributed by atoms with Crippen LogP contribution in [0.2, 0.25) is 6.04 Å². The van der Waals surface area contributed by atoms with Crippen molar-refractivity contribution >= 4 is 8.80 Å². The van der Waals surface area contributed by atoms with Crippen LogP contribution in [0.5, 0.6) is 0 Å². The SMILES string of the molecule is CO[Si](CCCNCCCc1ccccc1)(OC)OC. The van der Waals surface area contributed by atoms with E-state index in [-0.39, 0.29) is 0 Å². The first kappa shape index (κ1) is 17.3. The smallest absolute Gasteiger partial charge is 0.377 e. The first-order valence-corrected chi connectivity index (χ1v) is 9.09. The molecule has 1 aromatic carbocycles. The van der Waals surface area contributed by atoms with E-state index in [2.05, 4.69) is 35.6 Å². The zero-order valence-corrected chi connectivity index (χ0v) is 13.9. The molecular weight excluding hydrogens is 270 g/mol. The predicted molar refractivity (Wildman–Crippen MR) is 83.8 cm³/mol. The van der Waals surface area contributed by atoms with E-state index < -0.39 is 8.80 Å². The highest BCUT2D eigenvalue weighted by atomic mass is 28.4. The summed E-state index contributed by atoms with van der Waals surface area (Å²) in [5.41, 5.74) is 1.40. The maximum atomic E-state index is 5.39. The lowest BCUT2D eigenvalue weighted by atomic mass is 10.1. The molecule has 0 amide bonds. The van der Waals surface area contributed by atoms with Crippen LogP contribution in [0.4, 0.5) is 0 Å². The summed E-state index contributed by atoms with van der Waals surface area (Å²) in [5.74, 6) is 0. The third kappa shape index (κ3) is 6.15. The topological polar surface area (TPSA) is 39.7 Å². The first-order valence-electron chi connectivity index (χ1n) is 7.16. The highest BCUT2D eigenvalue weighted by Gasteiger charge is 2.36. The molecular formula is C15H27NO3Si. The molecule has 5 heteroatoms. The van der Waals surface area contributed by atoms with Crippen LogP contribution in [0.25, 0.3) is 0 Å². The second-order valence-electron chi connectivity index (χ2n) is 4.74. The second-order valence-corrected chi connectivity index (χ2v) is 7.83. The average Bonchev–Trinajstić information content (AvgIpc) is 2.52. The van der Waals surface area contributed by atoms with Crippen LogP contribution in [0.3, 0.4) is 0 Å². The summed E-state index contributed by atoms with van der Waals surface area (Å²) in [7, 11) is 2.60. The number of benzene rings is 1. The van der Waals surface area contributed by atoms with Crippen LogP contribution >= 0.6 is 0 Å². The van der Waals surface area contributed by atoms with E-state index in [9.17, 15) is 0 Å². The Hall–Kier alpha value is -0.723. The van der Waals surface area contributed by atoms with Gasteiger partial charge >= 0.3 is 8.80 Å². The normalized spacial score (nSPS) is 11.8. The lowest BCUT2D eigenvalue weighted by molar-refractivity contribution is 0.123. The fraction of sp³-hybridized carbons (Fsp3) is 0.600. The Morgan fingerprint density at radius 1 is 0.900 bits per heavy atom. The summed E-state index contributed by atoms with van der Waals surface area (Å²) in [6.07, 6.45) is 3.29. The van der Waals surface area contributed by atoms with E-state index in [1.54, 1.807) is 21.3 Å². The molecule has 0 fully saturated rings. The van der Waals surface area contributed by atoms with Crippen molar-refractivity contribution in [3.63, 3.8) is 0 Å². The molecule has 0 aliphatic heterocycles. The third-order valence-electron chi connectivity index (χ3n) is 3.43. The average molecular weight is 297 g/mol. The zero-order valence-electron chi connectivity index (χ0n) is 12.9. The predicted octanol–water partition coefficient (Wildman–Crippen LogP) is 2.48. The van der Waals surface area contributed by atoms with Crippen LogP contribution in [0, 0.1) is 0 Å². The van der Waals surface area contributed by atoms with Gasteiger partial charge in [-0.1, -0.05) is 30.3 Å². The maximum Gasteiger partial charge on any atom is 0.500 e. The number of hydrogen-bond donors (Lipinski definition) is 1. The molecule has 0 aliphatic rings. The highest BCUT2D eigenvalue weighted by molar-refractivity contribution is 6.60. The van der Waals surface area contributed by atoms with Crippen LogP contribution < -0.4 is 5.32 Å². The molecule has 0 aromatic heterocycles. The Bertz CT molecular complexity index is 336. The lowest BCUT2D eigenvalue weighted by Crippen LogP contribution is -2.43. The number of aryl methyl sites for hydroxylation is 1.